The zero-order valence-corrected chi connectivity index (χ0v) is 39.3. The number of amides is 2. The van der Waals surface area contributed by atoms with E-state index >= 15 is 0 Å². The molecular formula is C48H66N8O6S. The fourth-order valence-corrected chi connectivity index (χ4v) is 10.7. The van der Waals surface area contributed by atoms with Crippen molar-refractivity contribution in [2.45, 2.75) is 111 Å². The molecular weight excluding hydrogens is 817 g/mol. The van der Waals surface area contributed by atoms with Crippen LogP contribution in [0.3, 0.4) is 0 Å². The third-order valence-electron chi connectivity index (χ3n) is 13.3. The van der Waals surface area contributed by atoms with E-state index in [0.29, 0.717) is 56.9 Å². The maximum atomic E-state index is 14.6. The minimum atomic E-state index is -0.963. The number of carbonyl (C=O) groups is 4. The molecule has 7 rings (SSSR count). The Hall–Kier alpha value is -4.54. The van der Waals surface area contributed by atoms with E-state index < -0.39 is 34.9 Å². The first kappa shape index (κ1) is 46.5. The molecule has 2 amide bonds. The highest BCUT2D eigenvalue weighted by Gasteiger charge is 2.40. The minimum absolute atomic E-state index is 0.0817. The van der Waals surface area contributed by atoms with Crippen LogP contribution in [0.5, 0.6) is 0 Å². The van der Waals surface area contributed by atoms with Crippen molar-refractivity contribution in [1.29, 1.82) is 0 Å². The number of aryl methyl sites for hydroxylation is 1. The lowest BCUT2D eigenvalue weighted by molar-refractivity contribution is -0.155. The summed E-state index contributed by atoms with van der Waals surface area (Å²) in [5.41, 5.74) is 9.09. The van der Waals surface area contributed by atoms with Crippen molar-refractivity contribution < 1.29 is 28.7 Å². The number of nitrogens with one attached hydrogen (secondary N) is 2. The molecule has 3 aliphatic heterocycles. The van der Waals surface area contributed by atoms with Gasteiger partial charge in [-0.2, -0.15) is 0 Å². The van der Waals surface area contributed by atoms with E-state index in [0.717, 1.165) is 63.9 Å². The average Bonchev–Trinajstić information content (AvgIpc) is 3.99. The predicted molar refractivity (Wildman–Crippen MR) is 246 cm³/mol. The van der Waals surface area contributed by atoms with Gasteiger partial charge in [0.1, 0.15) is 18.4 Å². The second kappa shape index (κ2) is 19.3. The van der Waals surface area contributed by atoms with Gasteiger partial charge in [0, 0.05) is 77.6 Å². The van der Waals surface area contributed by atoms with Gasteiger partial charge < -0.3 is 29.1 Å². The number of ether oxygens (including phenoxy) is 2. The molecule has 0 aliphatic carbocycles. The number of nitrogens with zero attached hydrogens (tertiary/aromatic N) is 6. The smallest absolute Gasteiger partial charge is 0.324 e. The van der Waals surface area contributed by atoms with Crippen LogP contribution in [-0.4, -0.2) is 126 Å². The van der Waals surface area contributed by atoms with E-state index in [2.05, 4.69) is 65.2 Å². The summed E-state index contributed by atoms with van der Waals surface area (Å²) in [4.78, 5) is 69.3. The fourth-order valence-electron chi connectivity index (χ4n) is 9.84. The molecule has 2 fully saturated rings. The third kappa shape index (κ3) is 9.92. The maximum Gasteiger partial charge on any atom is 0.324 e. The van der Waals surface area contributed by atoms with Gasteiger partial charge in [0.15, 0.2) is 0 Å². The van der Waals surface area contributed by atoms with Crippen molar-refractivity contribution in [2.24, 2.45) is 16.7 Å². The first-order chi connectivity index (χ1) is 30.1. The van der Waals surface area contributed by atoms with E-state index in [-0.39, 0.29) is 36.9 Å². The first-order valence-electron chi connectivity index (χ1n) is 22.5. The Labute approximate surface area is 376 Å². The largest absolute Gasteiger partial charge is 0.464 e. The molecule has 1 aromatic carbocycles. The van der Waals surface area contributed by atoms with Crippen LogP contribution in [0.4, 0.5) is 0 Å². The number of thiazole rings is 1. The summed E-state index contributed by atoms with van der Waals surface area (Å²) >= 11 is 1.46. The van der Waals surface area contributed by atoms with Gasteiger partial charge in [-0.1, -0.05) is 33.8 Å². The van der Waals surface area contributed by atoms with Crippen LogP contribution in [0.2, 0.25) is 0 Å². The summed E-state index contributed by atoms with van der Waals surface area (Å²) in [6, 6.07) is 8.27. The molecule has 5 atom stereocenters. The Balaban J connectivity index is 1.26. The van der Waals surface area contributed by atoms with Gasteiger partial charge in [0.2, 0.25) is 5.91 Å². The lowest BCUT2D eigenvalue weighted by Crippen LogP contribution is -2.62. The number of hydrogen-bond acceptors (Lipinski definition) is 12. The fraction of sp³-hybridized carbons (Fsp3) is 0.583. The number of aldehydes is 1. The number of carbonyl (C=O) groups excluding carboxylic acids is 4. The maximum absolute atomic E-state index is 14.6. The number of methoxy groups -OCH3 is 1. The van der Waals surface area contributed by atoms with Gasteiger partial charge in [-0.05, 0) is 109 Å². The molecule has 6 bridgehead atoms. The number of likely N-dealkylation sites (N-methyl/N-ethyl adjacent to an activating group) is 1. The van der Waals surface area contributed by atoms with Crippen molar-refractivity contribution in [1.82, 2.24) is 40.1 Å². The third-order valence-corrected chi connectivity index (χ3v) is 14.2. The quantitative estimate of drug-likeness (QED) is 0.126. The number of cyclic esters (lactones) is 1. The van der Waals surface area contributed by atoms with Crippen molar-refractivity contribution in [3.63, 3.8) is 0 Å². The molecule has 340 valence electrons. The van der Waals surface area contributed by atoms with Crippen molar-refractivity contribution in [3.8, 4) is 22.5 Å². The van der Waals surface area contributed by atoms with E-state index in [1.54, 1.807) is 13.3 Å². The highest BCUT2D eigenvalue weighted by atomic mass is 32.1. The predicted octanol–water partition coefficient (Wildman–Crippen LogP) is 6.07. The molecule has 63 heavy (non-hydrogen) atoms. The van der Waals surface area contributed by atoms with Crippen LogP contribution in [0.15, 0.2) is 41.9 Å². The van der Waals surface area contributed by atoms with Gasteiger partial charge in [0.05, 0.1) is 40.8 Å². The highest BCUT2D eigenvalue weighted by Crippen LogP contribution is 2.42. The lowest BCUT2D eigenvalue weighted by atomic mass is 9.84. The number of rotatable bonds is 12. The van der Waals surface area contributed by atoms with Gasteiger partial charge in [-0.3, -0.25) is 29.3 Å². The summed E-state index contributed by atoms with van der Waals surface area (Å²) in [6.07, 6.45) is 5.94. The number of pyridine rings is 1. The summed E-state index contributed by atoms with van der Waals surface area (Å²) in [7, 11) is 5.64. The standard InChI is InChI=1S/C48H66N8O6S/c1-10-55-39-16-15-32-23-34(39)35(43(55)33-13-11-19-49-41(33)31(4)61-9)25-47(5,6)29-62-46(60)36-14-12-20-56(52-36)45(59)37(24-40-50-38(32)26-63-40)51-44(58)42(30(2)3)54(8)22-18-48(28-57)17-21-53(7)27-48/h11,13,15-16,19,23,26,28,30-31,36-37,42,52H,10,12,14,17-18,20-22,24-25,27,29H2,1-9H3,(H,51,58)/t31?,36-,37?,42?,48?/m0/s1. The first-order valence-corrected chi connectivity index (χ1v) is 23.4. The molecule has 14 nitrogen and oxygen atoms in total. The number of aromatic nitrogens is 3. The molecule has 4 unspecified atom stereocenters. The normalized spacial score (nSPS) is 23.2. The summed E-state index contributed by atoms with van der Waals surface area (Å²) < 4.78 is 14.3. The molecule has 0 spiro atoms. The van der Waals surface area contributed by atoms with Gasteiger partial charge >= 0.3 is 5.97 Å². The summed E-state index contributed by atoms with van der Waals surface area (Å²) in [5, 5.41) is 8.42. The minimum Gasteiger partial charge on any atom is -0.464 e. The molecule has 3 aromatic heterocycles. The summed E-state index contributed by atoms with van der Waals surface area (Å²) in [6.45, 7) is 15.7. The molecule has 0 radical (unpaired) electrons. The number of esters is 1. The van der Waals surface area contributed by atoms with Crippen LogP contribution >= 0.6 is 11.3 Å². The van der Waals surface area contributed by atoms with Gasteiger partial charge in [-0.15, -0.1) is 11.3 Å². The van der Waals surface area contributed by atoms with Crippen LogP contribution in [0.25, 0.3) is 33.4 Å². The van der Waals surface area contributed by atoms with E-state index in [4.69, 9.17) is 19.4 Å². The van der Waals surface area contributed by atoms with E-state index in [9.17, 15) is 19.2 Å². The molecule has 2 saturated heterocycles. The van der Waals surface area contributed by atoms with Gasteiger partial charge in [0.25, 0.3) is 5.91 Å². The van der Waals surface area contributed by atoms with Crippen molar-refractivity contribution in [3.05, 3.63) is 58.2 Å². The number of fused-ring (bicyclic) bond motifs is 6. The number of hydrogen-bond donors (Lipinski definition) is 2. The molecule has 6 heterocycles. The monoisotopic (exact) mass is 882 g/mol. The van der Waals surface area contributed by atoms with Crippen LogP contribution in [-0.2, 0) is 48.0 Å². The zero-order chi connectivity index (χ0) is 45.2. The van der Waals surface area contributed by atoms with Crippen molar-refractivity contribution in [2.75, 3.05) is 54.0 Å². The average molecular weight is 883 g/mol. The molecule has 2 N–H and O–H groups in total. The van der Waals surface area contributed by atoms with Crippen molar-refractivity contribution >= 4 is 46.3 Å². The zero-order valence-electron chi connectivity index (χ0n) is 38.5. The Morgan fingerprint density at radius 3 is 2.68 bits per heavy atom. The Morgan fingerprint density at radius 2 is 1.98 bits per heavy atom. The van der Waals surface area contributed by atoms with Crippen LogP contribution in [0.1, 0.15) is 89.6 Å². The Kier molecular flexibility index (Phi) is 14.2. The number of hydrazine groups is 1. The lowest BCUT2D eigenvalue weighted by Gasteiger charge is -2.37. The Morgan fingerprint density at radius 1 is 1.19 bits per heavy atom. The number of likely N-dealkylation sites (tertiary alicyclic amines) is 1. The molecule has 0 saturated carbocycles. The second-order valence-corrected chi connectivity index (χ2v) is 20.1. The van der Waals surface area contributed by atoms with E-state index in [1.165, 1.54) is 16.3 Å². The Bertz CT molecular complexity index is 2310. The second-order valence-electron chi connectivity index (χ2n) is 19.2. The molecule has 15 heteroatoms. The molecule has 4 aromatic rings. The van der Waals surface area contributed by atoms with Crippen LogP contribution < -0.4 is 10.7 Å². The van der Waals surface area contributed by atoms with Gasteiger partial charge in [-0.25, -0.2) is 10.4 Å². The summed E-state index contributed by atoms with van der Waals surface area (Å²) in [5.74, 6) is -1.11. The SMILES string of the molecule is CCn1c(-c2cccnc2C(C)OC)c2c3cc(ccc31)-c1csc(n1)CC(NC(=O)C(C(C)C)N(C)CCC1(C=O)CCN(C)C1)C(=O)N1CCC[C@H](N1)C(=O)OCC(C)(C)C2. The van der Waals surface area contributed by atoms with Crippen LogP contribution in [0, 0.1) is 16.7 Å². The number of benzene rings is 1. The van der Waals surface area contributed by atoms with E-state index in [1.807, 2.05) is 51.2 Å². The highest BCUT2D eigenvalue weighted by molar-refractivity contribution is 7.10. The topological polar surface area (TPSA) is 151 Å². The molecule has 3 aliphatic rings.